The van der Waals surface area contributed by atoms with E-state index in [0.717, 1.165) is 17.1 Å². The molecule has 0 N–H and O–H groups in total. The molecule has 240 valence electrons. The lowest BCUT2D eigenvalue weighted by Gasteiger charge is -2.28. The van der Waals surface area contributed by atoms with Gasteiger partial charge in [0.25, 0.3) is 0 Å². The van der Waals surface area contributed by atoms with E-state index in [4.69, 9.17) is 0 Å². The molecule has 0 aliphatic rings. The average molecular weight is 650 g/mol. The summed E-state index contributed by atoms with van der Waals surface area (Å²) >= 11 is 0. The van der Waals surface area contributed by atoms with Gasteiger partial charge in [0.1, 0.15) is 0 Å². The molecule has 51 heavy (non-hydrogen) atoms. The summed E-state index contributed by atoms with van der Waals surface area (Å²) in [5, 5.41) is 4.93. The largest absolute Gasteiger partial charge is 0.310 e. The fourth-order valence-electron chi connectivity index (χ4n) is 7.48. The molecule has 9 rings (SSSR count). The highest BCUT2D eigenvalue weighted by Gasteiger charge is 2.19. The van der Waals surface area contributed by atoms with Crippen LogP contribution in [0.3, 0.4) is 0 Å². The summed E-state index contributed by atoms with van der Waals surface area (Å²) in [6, 6.07) is 76.6. The van der Waals surface area contributed by atoms with Gasteiger partial charge in [-0.15, -0.1) is 0 Å². The lowest BCUT2D eigenvalue weighted by molar-refractivity contribution is 1.30. The summed E-state index contributed by atoms with van der Waals surface area (Å²) in [4.78, 5) is 2.43. The van der Waals surface area contributed by atoms with Crippen molar-refractivity contribution < 1.29 is 0 Å². The van der Waals surface area contributed by atoms with Gasteiger partial charge in [-0.05, 0) is 91.0 Å². The van der Waals surface area contributed by atoms with E-state index in [1.54, 1.807) is 0 Å². The Balaban J connectivity index is 1.26. The van der Waals surface area contributed by atoms with Gasteiger partial charge in [0, 0.05) is 16.8 Å². The Hall–Kier alpha value is -6.70. The van der Waals surface area contributed by atoms with E-state index in [1.807, 2.05) is 0 Å². The second-order valence-corrected chi connectivity index (χ2v) is 12.9. The summed E-state index contributed by atoms with van der Waals surface area (Å²) < 4.78 is 0. The molecule has 0 radical (unpaired) electrons. The van der Waals surface area contributed by atoms with Crippen molar-refractivity contribution in [2.45, 2.75) is 0 Å². The topological polar surface area (TPSA) is 3.24 Å². The van der Waals surface area contributed by atoms with Crippen LogP contribution in [0, 0.1) is 0 Å². The zero-order chi connectivity index (χ0) is 34.0. The van der Waals surface area contributed by atoms with E-state index in [9.17, 15) is 0 Å². The van der Waals surface area contributed by atoms with Crippen LogP contribution in [0.4, 0.5) is 17.1 Å². The number of rotatable bonds is 7. The van der Waals surface area contributed by atoms with Crippen molar-refractivity contribution in [3.8, 4) is 44.5 Å². The monoisotopic (exact) mass is 649 g/mol. The molecule has 0 amide bonds. The maximum atomic E-state index is 2.43. The fraction of sp³-hybridized carbons (Fsp3) is 0. The van der Waals surface area contributed by atoms with E-state index >= 15 is 0 Å². The maximum Gasteiger partial charge on any atom is 0.0540 e. The second kappa shape index (κ2) is 13.3. The molecule has 0 atom stereocenters. The molecular formula is C50H35N. The van der Waals surface area contributed by atoms with Crippen LogP contribution in [-0.2, 0) is 0 Å². The number of benzene rings is 9. The van der Waals surface area contributed by atoms with Crippen LogP contribution in [0.25, 0.3) is 66.1 Å². The highest BCUT2D eigenvalue weighted by Crippen LogP contribution is 2.44. The van der Waals surface area contributed by atoms with Gasteiger partial charge in [0.15, 0.2) is 0 Å². The van der Waals surface area contributed by atoms with Crippen LogP contribution in [0.5, 0.6) is 0 Å². The van der Waals surface area contributed by atoms with Gasteiger partial charge in [0.2, 0.25) is 0 Å². The minimum atomic E-state index is 1.10. The number of anilines is 3. The zero-order valence-corrected chi connectivity index (χ0v) is 28.2. The van der Waals surface area contributed by atoms with E-state index in [1.165, 1.54) is 66.1 Å². The summed E-state index contributed by atoms with van der Waals surface area (Å²) in [6.07, 6.45) is 0. The molecule has 0 aromatic heterocycles. The molecule has 0 aliphatic heterocycles. The predicted molar refractivity (Wildman–Crippen MR) is 218 cm³/mol. The molecule has 0 fully saturated rings. The fourth-order valence-corrected chi connectivity index (χ4v) is 7.48. The molecule has 1 nitrogen and oxygen atoms in total. The average Bonchev–Trinajstić information content (AvgIpc) is 3.21. The Morgan fingerprint density at radius 2 is 0.706 bits per heavy atom. The minimum absolute atomic E-state index is 1.10. The highest BCUT2D eigenvalue weighted by molar-refractivity contribution is 6.10. The van der Waals surface area contributed by atoms with Crippen LogP contribution < -0.4 is 4.90 Å². The number of fused-ring (bicyclic) bond motifs is 2. The molecule has 0 aliphatic carbocycles. The molecule has 1 heteroatoms. The molecule has 0 saturated heterocycles. The van der Waals surface area contributed by atoms with Crippen molar-refractivity contribution in [2.75, 3.05) is 4.90 Å². The normalized spacial score (nSPS) is 11.1. The van der Waals surface area contributed by atoms with E-state index < -0.39 is 0 Å². The van der Waals surface area contributed by atoms with Crippen LogP contribution >= 0.6 is 0 Å². The van der Waals surface area contributed by atoms with Crippen molar-refractivity contribution in [2.24, 2.45) is 0 Å². The van der Waals surface area contributed by atoms with Gasteiger partial charge in [-0.2, -0.15) is 0 Å². The Kier molecular flexibility index (Phi) is 7.92. The number of nitrogens with zero attached hydrogens (tertiary/aromatic N) is 1. The van der Waals surface area contributed by atoms with E-state index in [0.29, 0.717) is 0 Å². The predicted octanol–water partition coefficient (Wildman–Crippen LogP) is 14.1. The van der Waals surface area contributed by atoms with E-state index in [2.05, 4.69) is 217 Å². The van der Waals surface area contributed by atoms with Crippen molar-refractivity contribution in [1.29, 1.82) is 0 Å². The lowest BCUT2D eigenvalue weighted by Crippen LogP contribution is -2.11. The first kappa shape index (κ1) is 30.4. The highest BCUT2D eigenvalue weighted by atomic mass is 15.1. The van der Waals surface area contributed by atoms with Crippen molar-refractivity contribution in [3.63, 3.8) is 0 Å². The van der Waals surface area contributed by atoms with Crippen LogP contribution in [-0.4, -0.2) is 0 Å². The molecule has 0 bridgehead atoms. The summed E-state index contributed by atoms with van der Waals surface area (Å²) in [5.41, 5.74) is 13.0. The summed E-state index contributed by atoms with van der Waals surface area (Å²) in [7, 11) is 0. The summed E-state index contributed by atoms with van der Waals surface area (Å²) in [5.74, 6) is 0. The third-order valence-electron chi connectivity index (χ3n) is 9.86. The molecule has 0 spiro atoms. The van der Waals surface area contributed by atoms with Crippen LogP contribution in [0.2, 0.25) is 0 Å². The molecular weight excluding hydrogens is 615 g/mol. The first-order valence-electron chi connectivity index (χ1n) is 17.5. The smallest absolute Gasteiger partial charge is 0.0540 e. The third kappa shape index (κ3) is 5.75. The third-order valence-corrected chi connectivity index (χ3v) is 9.86. The molecule has 9 aromatic carbocycles. The molecule has 0 unspecified atom stereocenters. The first-order valence-corrected chi connectivity index (χ1v) is 17.5. The Morgan fingerprint density at radius 1 is 0.255 bits per heavy atom. The first-order chi connectivity index (χ1) is 25.3. The standard InChI is InChI=1S/C50H35N/c1-3-16-36(17-4-1)39-22-11-24-41(34-39)51(42-25-12-23-40(35-42)45-28-10-9-26-43(45)37-18-5-2-6-19-37)50-33-15-31-48-47(30-14-32-49(48)50)46-29-13-21-38-20-7-8-27-44(38)46/h1-35H. The van der Waals surface area contributed by atoms with Crippen molar-refractivity contribution in [1.82, 2.24) is 0 Å². The molecule has 0 heterocycles. The summed E-state index contributed by atoms with van der Waals surface area (Å²) in [6.45, 7) is 0. The SMILES string of the molecule is c1ccc(-c2cccc(N(c3cccc(-c4ccccc4-c4ccccc4)c3)c3cccc4c(-c5cccc6ccccc56)cccc34)c2)cc1. The van der Waals surface area contributed by atoms with Gasteiger partial charge >= 0.3 is 0 Å². The minimum Gasteiger partial charge on any atom is -0.310 e. The molecule has 9 aromatic rings. The lowest BCUT2D eigenvalue weighted by atomic mass is 9.93. The van der Waals surface area contributed by atoms with Gasteiger partial charge in [-0.1, -0.05) is 182 Å². The molecule has 0 saturated carbocycles. The van der Waals surface area contributed by atoms with Gasteiger partial charge < -0.3 is 4.90 Å². The van der Waals surface area contributed by atoms with E-state index in [-0.39, 0.29) is 0 Å². The van der Waals surface area contributed by atoms with Crippen molar-refractivity contribution >= 4 is 38.6 Å². The van der Waals surface area contributed by atoms with Crippen LogP contribution in [0.1, 0.15) is 0 Å². The zero-order valence-electron chi connectivity index (χ0n) is 28.2. The van der Waals surface area contributed by atoms with Gasteiger partial charge in [-0.25, -0.2) is 0 Å². The van der Waals surface area contributed by atoms with Gasteiger partial charge in [0.05, 0.1) is 5.69 Å². The Bertz CT molecular complexity index is 2630. The Labute approximate surface area is 299 Å². The second-order valence-electron chi connectivity index (χ2n) is 12.9. The van der Waals surface area contributed by atoms with Crippen molar-refractivity contribution in [3.05, 3.63) is 212 Å². The van der Waals surface area contributed by atoms with Crippen LogP contribution in [0.15, 0.2) is 212 Å². The number of hydrogen-bond donors (Lipinski definition) is 0. The quantitative estimate of drug-likeness (QED) is 0.166. The Morgan fingerprint density at radius 3 is 1.47 bits per heavy atom. The van der Waals surface area contributed by atoms with Gasteiger partial charge in [-0.3, -0.25) is 0 Å². The maximum absolute atomic E-state index is 2.43. The number of hydrogen-bond acceptors (Lipinski definition) is 1.